The van der Waals surface area contributed by atoms with Gasteiger partial charge in [-0.1, -0.05) is 12.1 Å². The molecule has 0 bridgehead atoms. The lowest BCUT2D eigenvalue weighted by molar-refractivity contribution is -0.154. The minimum Gasteiger partial charge on any atom is -0.496 e. The van der Waals surface area contributed by atoms with Gasteiger partial charge >= 0.3 is 5.97 Å². The van der Waals surface area contributed by atoms with Gasteiger partial charge < -0.3 is 19.5 Å². The molecule has 1 atom stereocenters. The SMILES string of the molecule is COc1ccccc1-c1nn(C)cc1C(=O)N1CCO[C@@H](C(=O)O)C1. The first-order valence-electron chi connectivity index (χ1n) is 7.82. The van der Waals surface area contributed by atoms with Crippen LogP contribution in [0.3, 0.4) is 0 Å². The van der Waals surface area contributed by atoms with Gasteiger partial charge in [0.05, 0.1) is 25.8 Å². The standard InChI is InChI=1S/C17H19N3O5/c1-19-9-12(15(18-19)11-5-3-4-6-13(11)24-2)16(21)20-7-8-25-14(10-20)17(22)23/h3-6,9,14H,7-8,10H2,1-2H3,(H,22,23)/t14-/m1/s1. The number of aryl methyl sites for hydroxylation is 1. The zero-order valence-corrected chi connectivity index (χ0v) is 14.0. The third kappa shape index (κ3) is 3.34. The Labute approximate surface area is 144 Å². The number of carboxylic acid groups (broad SMARTS) is 1. The number of aromatic nitrogens is 2. The summed E-state index contributed by atoms with van der Waals surface area (Å²) in [5.41, 5.74) is 1.61. The third-order valence-corrected chi connectivity index (χ3v) is 4.05. The van der Waals surface area contributed by atoms with Crippen LogP contribution in [0.15, 0.2) is 30.5 Å². The molecule has 1 fully saturated rings. The van der Waals surface area contributed by atoms with Crippen molar-refractivity contribution >= 4 is 11.9 Å². The van der Waals surface area contributed by atoms with E-state index in [0.717, 1.165) is 0 Å². The van der Waals surface area contributed by atoms with Gasteiger partial charge in [-0.2, -0.15) is 5.10 Å². The predicted molar refractivity (Wildman–Crippen MR) is 88.5 cm³/mol. The number of ether oxygens (including phenoxy) is 2. The Hall–Kier alpha value is -2.87. The molecule has 1 aromatic heterocycles. The summed E-state index contributed by atoms with van der Waals surface area (Å²) in [6.45, 7) is 0.532. The van der Waals surface area contributed by atoms with Crippen molar-refractivity contribution in [3.8, 4) is 17.0 Å². The maximum absolute atomic E-state index is 13.0. The molecule has 3 rings (SSSR count). The fraction of sp³-hybridized carbons (Fsp3) is 0.353. The maximum atomic E-state index is 13.0. The Morgan fingerprint density at radius 1 is 1.36 bits per heavy atom. The maximum Gasteiger partial charge on any atom is 0.334 e. The summed E-state index contributed by atoms with van der Waals surface area (Å²) in [6.07, 6.45) is 0.624. The number of para-hydroxylation sites is 1. The summed E-state index contributed by atoms with van der Waals surface area (Å²) in [4.78, 5) is 25.6. The van der Waals surface area contributed by atoms with Crippen LogP contribution in [-0.4, -0.2) is 64.6 Å². The number of nitrogens with zero attached hydrogens (tertiary/aromatic N) is 3. The molecule has 1 saturated heterocycles. The summed E-state index contributed by atoms with van der Waals surface area (Å²) < 4.78 is 12.1. The molecule has 1 N–H and O–H groups in total. The highest BCUT2D eigenvalue weighted by Crippen LogP contribution is 2.31. The number of carbonyl (C=O) groups excluding carboxylic acids is 1. The van der Waals surface area contributed by atoms with Crippen molar-refractivity contribution in [2.75, 3.05) is 26.8 Å². The summed E-state index contributed by atoms with van der Waals surface area (Å²) in [5, 5.41) is 13.5. The first-order chi connectivity index (χ1) is 12.0. The minimum absolute atomic E-state index is 0.00836. The number of hydrogen-bond donors (Lipinski definition) is 1. The molecule has 1 aromatic carbocycles. The topological polar surface area (TPSA) is 93.9 Å². The summed E-state index contributed by atoms with van der Waals surface area (Å²) in [5.74, 6) is -0.738. The van der Waals surface area contributed by atoms with E-state index < -0.39 is 12.1 Å². The first-order valence-corrected chi connectivity index (χ1v) is 7.82. The Morgan fingerprint density at radius 3 is 2.84 bits per heavy atom. The van der Waals surface area contributed by atoms with Gasteiger partial charge in [-0.25, -0.2) is 4.79 Å². The van der Waals surface area contributed by atoms with Crippen LogP contribution >= 0.6 is 0 Å². The zero-order chi connectivity index (χ0) is 18.0. The molecule has 0 spiro atoms. The van der Waals surface area contributed by atoms with Gasteiger partial charge in [-0.3, -0.25) is 9.48 Å². The second-order valence-corrected chi connectivity index (χ2v) is 5.71. The first kappa shape index (κ1) is 17.0. The molecule has 1 aliphatic heterocycles. The number of carboxylic acids is 1. The third-order valence-electron chi connectivity index (χ3n) is 4.05. The number of carbonyl (C=O) groups is 2. The van der Waals surface area contributed by atoms with Crippen molar-refractivity contribution in [2.45, 2.75) is 6.10 Å². The van der Waals surface area contributed by atoms with E-state index in [1.54, 1.807) is 31.1 Å². The van der Waals surface area contributed by atoms with E-state index in [4.69, 9.17) is 14.6 Å². The molecule has 0 radical (unpaired) electrons. The molecule has 8 nitrogen and oxygen atoms in total. The molecule has 0 unspecified atom stereocenters. The summed E-state index contributed by atoms with van der Waals surface area (Å²) >= 11 is 0. The van der Waals surface area contributed by atoms with Crippen LogP contribution in [0.4, 0.5) is 0 Å². The van der Waals surface area contributed by atoms with Crippen molar-refractivity contribution in [2.24, 2.45) is 7.05 Å². The molecule has 2 aromatic rings. The van der Waals surface area contributed by atoms with Gasteiger partial charge in [0.2, 0.25) is 0 Å². The predicted octanol–water partition coefficient (Wildman–Crippen LogP) is 1.02. The molecule has 0 aliphatic carbocycles. The van der Waals surface area contributed by atoms with E-state index in [1.165, 1.54) is 4.90 Å². The number of hydrogen-bond acceptors (Lipinski definition) is 5. The van der Waals surface area contributed by atoms with Gasteiger partial charge in [-0.15, -0.1) is 0 Å². The fourth-order valence-corrected chi connectivity index (χ4v) is 2.84. The van der Waals surface area contributed by atoms with E-state index in [2.05, 4.69) is 5.10 Å². The van der Waals surface area contributed by atoms with Gasteiger partial charge in [0, 0.05) is 25.4 Å². The molecule has 1 aliphatic rings. The van der Waals surface area contributed by atoms with Crippen LogP contribution in [0.1, 0.15) is 10.4 Å². The number of amides is 1. The molecule has 25 heavy (non-hydrogen) atoms. The average molecular weight is 345 g/mol. The molecule has 8 heteroatoms. The second-order valence-electron chi connectivity index (χ2n) is 5.71. The van der Waals surface area contributed by atoms with Crippen molar-refractivity contribution in [1.29, 1.82) is 0 Å². The second kappa shape index (κ2) is 6.94. The highest BCUT2D eigenvalue weighted by atomic mass is 16.5. The molecule has 1 amide bonds. The van der Waals surface area contributed by atoms with Crippen LogP contribution in [-0.2, 0) is 16.6 Å². The highest BCUT2D eigenvalue weighted by Gasteiger charge is 2.31. The number of morpholine rings is 1. The molecular formula is C17H19N3O5. The van der Waals surface area contributed by atoms with Crippen molar-refractivity contribution < 1.29 is 24.2 Å². The Kier molecular flexibility index (Phi) is 4.71. The van der Waals surface area contributed by atoms with Crippen molar-refractivity contribution in [3.63, 3.8) is 0 Å². The van der Waals surface area contributed by atoms with E-state index in [-0.39, 0.29) is 19.1 Å². The molecule has 0 saturated carbocycles. The van der Waals surface area contributed by atoms with E-state index in [0.29, 0.717) is 29.1 Å². The molecular weight excluding hydrogens is 326 g/mol. The smallest absolute Gasteiger partial charge is 0.334 e. The lowest BCUT2D eigenvalue weighted by Crippen LogP contribution is -2.48. The summed E-state index contributed by atoms with van der Waals surface area (Å²) in [6, 6.07) is 7.31. The van der Waals surface area contributed by atoms with Crippen LogP contribution in [0, 0.1) is 0 Å². The van der Waals surface area contributed by atoms with Gasteiger partial charge in [-0.05, 0) is 12.1 Å². The van der Waals surface area contributed by atoms with E-state index >= 15 is 0 Å². The number of rotatable bonds is 4. The zero-order valence-electron chi connectivity index (χ0n) is 14.0. The fourth-order valence-electron chi connectivity index (χ4n) is 2.84. The van der Waals surface area contributed by atoms with Crippen LogP contribution in [0.5, 0.6) is 5.75 Å². The average Bonchev–Trinajstić information content (AvgIpc) is 3.02. The monoisotopic (exact) mass is 345 g/mol. The van der Waals surface area contributed by atoms with E-state index in [1.807, 2.05) is 18.2 Å². The quantitative estimate of drug-likeness (QED) is 0.889. The van der Waals surface area contributed by atoms with Gasteiger partial charge in [0.25, 0.3) is 5.91 Å². The Balaban J connectivity index is 1.95. The number of benzene rings is 1. The van der Waals surface area contributed by atoms with Gasteiger partial charge in [0.1, 0.15) is 11.4 Å². The normalized spacial score (nSPS) is 17.4. The van der Waals surface area contributed by atoms with Crippen molar-refractivity contribution in [3.05, 3.63) is 36.0 Å². The van der Waals surface area contributed by atoms with Crippen LogP contribution in [0.2, 0.25) is 0 Å². The lowest BCUT2D eigenvalue weighted by atomic mass is 10.1. The van der Waals surface area contributed by atoms with Crippen LogP contribution in [0.25, 0.3) is 11.3 Å². The minimum atomic E-state index is -1.08. The lowest BCUT2D eigenvalue weighted by Gasteiger charge is -2.30. The largest absolute Gasteiger partial charge is 0.496 e. The van der Waals surface area contributed by atoms with E-state index in [9.17, 15) is 9.59 Å². The number of methoxy groups -OCH3 is 1. The van der Waals surface area contributed by atoms with Crippen molar-refractivity contribution in [1.82, 2.24) is 14.7 Å². The Morgan fingerprint density at radius 2 is 2.12 bits per heavy atom. The Bertz CT molecular complexity index is 801. The highest BCUT2D eigenvalue weighted by molar-refractivity contribution is 6.00. The van der Waals surface area contributed by atoms with Crippen LogP contribution < -0.4 is 4.74 Å². The molecule has 2 heterocycles. The summed E-state index contributed by atoms with van der Waals surface area (Å²) in [7, 11) is 3.29. The van der Waals surface area contributed by atoms with Gasteiger partial charge in [0.15, 0.2) is 6.10 Å². The molecule has 132 valence electrons. The number of aliphatic carboxylic acids is 1.